The number of rotatable bonds is 3. The van der Waals surface area contributed by atoms with Gasteiger partial charge in [-0.25, -0.2) is 9.78 Å². The number of ether oxygens (including phenoxy) is 2. The molecule has 6 heteroatoms. The Balaban J connectivity index is 1.99. The van der Waals surface area contributed by atoms with Crippen LogP contribution in [0.5, 0.6) is 0 Å². The molecule has 1 atom stereocenters. The van der Waals surface area contributed by atoms with Gasteiger partial charge in [0.25, 0.3) is 0 Å². The fourth-order valence-electron chi connectivity index (χ4n) is 1.99. The fraction of sp³-hybridized carbons (Fsp3) is 0.667. The topological polar surface area (TPSA) is 65.5 Å². The number of hydrogen-bond acceptors (Lipinski definition) is 6. The van der Waals surface area contributed by atoms with Crippen molar-refractivity contribution in [1.29, 1.82) is 0 Å². The Kier molecular flexibility index (Phi) is 4.10. The number of cyclic esters (lactones) is 1. The fourth-order valence-corrected chi connectivity index (χ4v) is 2.90. The molecule has 1 aliphatic rings. The third-order valence-corrected chi connectivity index (χ3v) is 4.60. The standard InChI is InChI=1S/C15H21NO4S/c1-14(2,3)13-16-9(7-21-13)6-10(17)20-11-12(18)19-8-15(11,4)5/h7,11H,6,8H2,1-5H3/t11-/m0/s1. The SMILES string of the molecule is CC(C)(C)c1nc(CC(=O)O[C@H]2C(=O)OCC2(C)C)cs1. The summed E-state index contributed by atoms with van der Waals surface area (Å²) < 4.78 is 10.2. The van der Waals surface area contributed by atoms with Crippen LogP contribution in [0.15, 0.2) is 5.38 Å². The van der Waals surface area contributed by atoms with Gasteiger partial charge < -0.3 is 9.47 Å². The van der Waals surface area contributed by atoms with E-state index in [9.17, 15) is 9.59 Å². The average Bonchev–Trinajstić information content (AvgIpc) is 2.89. The van der Waals surface area contributed by atoms with Gasteiger partial charge in [-0.05, 0) is 0 Å². The lowest BCUT2D eigenvalue weighted by Crippen LogP contribution is -2.35. The number of hydrogen-bond donors (Lipinski definition) is 0. The van der Waals surface area contributed by atoms with Crippen molar-refractivity contribution in [2.45, 2.75) is 52.6 Å². The number of carbonyl (C=O) groups is 2. The molecule has 0 N–H and O–H groups in total. The zero-order valence-corrected chi connectivity index (χ0v) is 13.9. The average molecular weight is 311 g/mol. The smallest absolute Gasteiger partial charge is 0.348 e. The zero-order chi connectivity index (χ0) is 15.8. The minimum atomic E-state index is -0.828. The molecule has 5 nitrogen and oxygen atoms in total. The molecule has 1 fully saturated rings. The first-order valence-electron chi connectivity index (χ1n) is 6.90. The van der Waals surface area contributed by atoms with Crippen LogP contribution in [0.1, 0.15) is 45.3 Å². The minimum absolute atomic E-state index is 0.0376. The maximum absolute atomic E-state index is 12.0. The molecule has 1 aromatic heterocycles. The van der Waals surface area contributed by atoms with Gasteiger partial charge in [-0.15, -0.1) is 11.3 Å². The number of thiazole rings is 1. The Morgan fingerprint density at radius 2 is 2.19 bits per heavy atom. The van der Waals surface area contributed by atoms with Crippen molar-refractivity contribution in [2.24, 2.45) is 5.41 Å². The van der Waals surface area contributed by atoms with Crippen molar-refractivity contribution in [3.8, 4) is 0 Å². The second kappa shape index (κ2) is 5.40. The molecule has 116 valence electrons. The van der Waals surface area contributed by atoms with Gasteiger partial charge in [-0.1, -0.05) is 34.6 Å². The van der Waals surface area contributed by atoms with Crippen LogP contribution in [-0.2, 0) is 30.9 Å². The summed E-state index contributed by atoms with van der Waals surface area (Å²) in [6, 6.07) is 0. The van der Waals surface area contributed by atoms with Crippen LogP contribution in [0.4, 0.5) is 0 Å². The maximum atomic E-state index is 12.0. The highest BCUT2D eigenvalue weighted by molar-refractivity contribution is 7.09. The molecule has 0 radical (unpaired) electrons. The predicted molar refractivity (Wildman–Crippen MR) is 79.1 cm³/mol. The molecular formula is C15H21NO4S. The summed E-state index contributed by atoms with van der Waals surface area (Å²) in [5, 5.41) is 2.84. The molecule has 0 spiro atoms. The van der Waals surface area contributed by atoms with Gasteiger partial charge in [0.1, 0.15) is 6.61 Å². The highest BCUT2D eigenvalue weighted by atomic mass is 32.1. The summed E-state index contributed by atoms with van der Waals surface area (Å²) >= 11 is 1.53. The van der Waals surface area contributed by atoms with Gasteiger partial charge in [-0.2, -0.15) is 0 Å². The summed E-state index contributed by atoms with van der Waals surface area (Å²) in [6.45, 7) is 10.2. The highest BCUT2D eigenvalue weighted by Gasteiger charge is 2.46. The van der Waals surface area contributed by atoms with E-state index in [1.165, 1.54) is 11.3 Å². The molecule has 2 heterocycles. The van der Waals surface area contributed by atoms with Crippen molar-refractivity contribution < 1.29 is 19.1 Å². The van der Waals surface area contributed by atoms with Crippen LogP contribution in [0.3, 0.4) is 0 Å². The number of aromatic nitrogens is 1. The molecule has 0 aliphatic carbocycles. The maximum Gasteiger partial charge on any atom is 0.348 e. The Labute approximate surface area is 128 Å². The highest BCUT2D eigenvalue weighted by Crippen LogP contribution is 2.31. The van der Waals surface area contributed by atoms with Crippen molar-refractivity contribution >= 4 is 23.3 Å². The zero-order valence-electron chi connectivity index (χ0n) is 13.1. The second-order valence-corrected chi connectivity index (χ2v) is 7.90. The van der Waals surface area contributed by atoms with E-state index in [1.807, 2.05) is 19.2 Å². The predicted octanol–water partition coefficient (Wildman–Crippen LogP) is 2.48. The van der Waals surface area contributed by atoms with E-state index in [2.05, 4.69) is 25.8 Å². The van der Waals surface area contributed by atoms with Crippen LogP contribution in [-0.4, -0.2) is 29.6 Å². The first-order chi connectivity index (χ1) is 9.59. The van der Waals surface area contributed by atoms with E-state index in [0.717, 1.165) is 5.01 Å². The van der Waals surface area contributed by atoms with Crippen molar-refractivity contribution in [3.05, 3.63) is 16.1 Å². The van der Waals surface area contributed by atoms with E-state index in [1.54, 1.807) is 0 Å². The normalized spacial score (nSPS) is 21.2. The first-order valence-corrected chi connectivity index (χ1v) is 7.78. The van der Waals surface area contributed by atoms with Crippen LogP contribution in [0.2, 0.25) is 0 Å². The van der Waals surface area contributed by atoms with Gasteiger partial charge in [0, 0.05) is 16.2 Å². The van der Waals surface area contributed by atoms with Gasteiger partial charge in [0.15, 0.2) is 0 Å². The first kappa shape index (κ1) is 15.9. The lowest BCUT2D eigenvalue weighted by molar-refractivity contribution is -0.162. The van der Waals surface area contributed by atoms with Gasteiger partial charge >= 0.3 is 11.9 Å². The Morgan fingerprint density at radius 3 is 2.67 bits per heavy atom. The van der Waals surface area contributed by atoms with Crippen molar-refractivity contribution in [1.82, 2.24) is 4.98 Å². The minimum Gasteiger partial charge on any atom is -0.462 e. The van der Waals surface area contributed by atoms with Gasteiger partial charge in [0.05, 0.1) is 17.1 Å². The van der Waals surface area contributed by atoms with Crippen molar-refractivity contribution in [3.63, 3.8) is 0 Å². The quantitative estimate of drug-likeness (QED) is 0.802. The molecule has 0 aromatic carbocycles. The summed E-state index contributed by atoms with van der Waals surface area (Å²) in [5.41, 5.74) is 0.161. The van der Waals surface area contributed by atoms with E-state index in [0.29, 0.717) is 5.69 Å². The van der Waals surface area contributed by atoms with Crippen LogP contribution in [0, 0.1) is 5.41 Å². The number of esters is 2. The largest absolute Gasteiger partial charge is 0.462 e. The Hall–Kier alpha value is -1.43. The van der Waals surface area contributed by atoms with E-state index in [4.69, 9.17) is 9.47 Å². The molecule has 21 heavy (non-hydrogen) atoms. The van der Waals surface area contributed by atoms with Gasteiger partial charge in [-0.3, -0.25) is 4.79 Å². The molecule has 0 amide bonds. The molecule has 0 unspecified atom stereocenters. The lowest BCUT2D eigenvalue weighted by atomic mass is 9.90. The van der Waals surface area contributed by atoms with Gasteiger partial charge in [0.2, 0.25) is 6.10 Å². The molecule has 2 rings (SSSR count). The van der Waals surface area contributed by atoms with Crippen LogP contribution >= 0.6 is 11.3 Å². The summed E-state index contributed by atoms with van der Waals surface area (Å²) in [5.74, 6) is -0.917. The summed E-state index contributed by atoms with van der Waals surface area (Å²) in [7, 11) is 0. The van der Waals surface area contributed by atoms with E-state index in [-0.39, 0.29) is 18.4 Å². The summed E-state index contributed by atoms with van der Waals surface area (Å²) in [6.07, 6.45) is -0.752. The van der Waals surface area contributed by atoms with E-state index < -0.39 is 23.5 Å². The van der Waals surface area contributed by atoms with Crippen LogP contribution < -0.4 is 0 Å². The Morgan fingerprint density at radius 1 is 1.52 bits per heavy atom. The lowest BCUT2D eigenvalue weighted by Gasteiger charge is -2.21. The molecule has 1 aliphatic heterocycles. The third kappa shape index (κ3) is 3.61. The molecular weight excluding hydrogens is 290 g/mol. The molecule has 1 saturated heterocycles. The third-order valence-electron chi connectivity index (χ3n) is 3.28. The Bertz CT molecular complexity index is 556. The number of carbonyl (C=O) groups excluding carboxylic acids is 2. The number of nitrogens with zero attached hydrogens (tertiary/aromatic N) is 1. The monoisotopic (exact) mass is 311 g/mol. The molecule has 0 saturated carbocycles. The summed E-state index contributed by atoms with van der Waals surface area (Å²) in [4.78, 5) is 28.0. The molecule has 0 bridgehead atoms. The van der Waals surface area contributed by atoms with Crippen LogP contribution in [0.25, 0.3) is 0 Å². The van der Waals surface area contributed by atoms with Crippen molar-refractivity contribution in [2.75, 3.05) is 6.61 Å². The van der Waals surface area contributed by atoms with E-state index >= 15 is 0 Å². The molecule has 1 aromatic rings. The second-order valence-electron chi connectivity index (χ2n) is 7.04.